The van der Waals surface area contributed by atoms with Crippen LogP contribution in [0, 0.1) is 6.92 Å². The molecule has 1 atom stereocenters. The first kappa shape index (κ1) is 20.2. The molecular formula is C18H30IN3O. The van der Waals surface area contributed by atoms with Gasteiger partial charge in [0.15, 0.2) is 5.96 Å². The van der Waals surface area contributed by atoms with Crippen molar-refractivity contribution in [3.63, 3.8) is 0 Å². The summed E-state index contributed by atoms with van der Waals surface area (Å²) in [6.07, 6.45) is 5.81. The number of aliphatic hydroxyl groups is 1. The summed E-state index contributed by atoms with van der Waals surface area (Å²) in [6, 6.07) is 8.50. The lowest BCUT2D eigenvalue weighted by molar-refractivity contribution is 0.187. The predicted molar refractivity (Wildman–Crippen MR) is 108 cm³/mol. The Morgan fingerprint density at radius 1 is 1.22 bits per heavy atom. The Morgan fingerprint density at radius 2 is 1.87 bits per heavy atom. The zero-order chi connectivity index (χ0) is 15.8. The molecule has 0 heterocycles. The van der Waals surface area contributed by atoms with Gasteiger partial charge in [0.25, 0.3) is 0 Å². The molecule has 5 heteroatoms. The Morgan fingerprint density at radius 3 is 2.48 bits per heavy atom. The number of benzene rings is 1. The quantitative estimate of drug-likeness (QED) is 0.380. The summed E-state index contributed by atoms with van der Waals surface area (Å²) in [4.78, 5) is 4.55. The molecule has 1 aromatic rings. The van der Waals surface area contributed by atoms with Crippen molar-refractivity contribution >= 4 is 29.9 Å². The lowest BCUT2D eigenvalue weighted by Crippen LogP contribution is -2.44. The van der Waals surface area contributed by atoms with Gasteiger partial charge in [0.1, 0.15) is 0 Å². The Labute approximate surface area is 157 Å². The number of aryl methyl sites for hydroxylation is 1. The first-order valence-corrected chi connectivity index (χ1v) is 8.48. The van der Waals surface area contributed by atoms with Gasteiger partial charge in [0.05, 0.1) is 12.6 Å². The van der Waals surface area contributed by atoms with E-state index in [1.807, 2.05) is 31.2 Å². The van der Waals surface area contributed by atoms with Crippen LogP contribution < -0.4 is 10.6 Å². The summed E-state index contributed by atoms with van der Waals surface area (Å²) in [7, 11) is 0. The molecule has 4 nitrogen and oxygen atoms in total. The second-order valence-electron chi connectivity index (χ2n) is 6.13. The van der Waals surface area contributed by atoms with Gasteiger partial charge >= 0.3 is 0 Å². The highest BCUT2D eigenvalue weighted by Crippen LogP contribution is 2.17. The molecule has 0 aromatic heterocycles. The van der Waals surface area contributed by atoms with Crippen molar-refractivity contribution in [2.45, 2.75) is 58.1 Å². The van der Waals surface area contributed by atoms with E-state index in [2.05, 4.69) is 22.5 Å². The molecule has 1 aromatic carbocycles. The minimum atomic E-state index is -0.553. The molecule has 1 fully saturated rings. The topological polar surface area (TPSA) is 56.7 Å². The van der Waals surface area contributed by atoms with Crippen LogP contribution in [0.5, 0.6) is 0 Å². The van der Waals surface area contributed by atoms with Crippen molar-refractivity contribution in [3.05, 3.63) is 35.4 Å². The Balaban J connectivity index is 0.00000264. The molecular weight excluding hydrogens is 401 g/mol. The SMILES string of the molecule is CCNC(=NCC(O)c1ccc(C)cc1)NC1CCCCC1.I. The molecule has 3 N–H and O–H groups in total. The predicted octanol–water partition coefficient (Wildman–Crippen LogP) is 3.53. The molecule has 0 amide bonds. The first-order valence-electron chi connectivity index (χ1n) is 8.48. The lowest BCUT2D eigenvalue weighted by Gasteiger charge is -2.25. The summed E-state index contributed by atoms with van der Waals surface area (Å²) in [5.41, 5.74) is 2.12. The highest BCUT2D eigenvalue weighted by Gasteiger charge is 2.15. The standard InChI is InChI=1S/C18H29N3O.HI/c1-3-19-18(21-16-7-5-4-6-8-16)20-13-17(22)15-11-9-14(2)10-12-15;/h9-12,16-17,22H,3-8,13H2,1-2H3,(H2,19,20,21);1H. The maximum atomic E-state index is 10.3. The van der Waals surface area contributed by atoms with E-state index in [0.29, 0.717) is 12.6 Å². The van der Waals surface area contributed by atoms with Crippen LogP contribution in [0.2, 0.25) is 0 Å². The van der Waals surface area contributed by atoms with Crippen molar-refractivity contribution in [1.29, 1.82) is 0 Å². The van der Waals surface area contributed by atoms with Crippen molar-refractivity contribution in [1.82, 2.24) is 10.6 Å². The largest absolute Gasteiger partial charge is 0.386 e. The summed E-state index contributed by atoms with van der Waals surface area (Å²) in [5.74, 6) is 0.820. The van der Waals surface area contributed by atoms with Crippen LogP contribution >= 0.6 is 24.0 Å². The minimum Gasteiger partial charge on any atom is -0.386 e. The zero-order valence-corrected chi connectivity index (χ0v) is 16.5. The second kappa shape index (κ2) is 10.9. The Bertz CT molecular complexity index is 470. The van der Waals surface area contributed by atoms with Gasteiger partial charge in [0.2, 0.25) is 0 Å². The summed E-state index contributed by atoms with van der Waals surface area (Å²) < 4.78 is 0. The van der Waals surface area contributed by atoms with Crippen LogP contribution in [0.25, 0.3) is 0 Å². The third-order valence-electron chi connectivity index (χ3n) is 4.17. The van der Waals surface area contributed by atoms with Crippen LogP contribution in [-0.4, -0.2) is 30.2 Å². The highest BCUT2D eigenvalue weighted by molar-refractivity contribution is 14.0. The smallest absolute Gasteiger partial charge is 0.191 e. The molecule has 23 heavy (non-hydrogen) atoms. The fraction of sp³-hybridized carbons (Fsp3) is 0.611. The molecule has 1 aliphatic carbocycles. The summed E-state index contributed by atoms with van der Waals surface area (Å²) in [6.45, 7) is 5.32. The second-order valence-corrected chi connectivity index (χ2v) is 6.13. The average molecular weight is 431 g/mol. The van der Waals surface area contributed by atoms with E-state index in [1.54, 1.807) is 0 Å². The molecule has 1 aliphatic rings. The molecule has 1 saturated carbocycles. The van der Waals surface area contributed by atoms with Gasteiger partial charge in [0, 0.05) is 12.6 Å². The van der Waals surface area contributed by atoms with E-state index >= 15 is 0 Å². The van der Waals surface area contributed by atoms with Crippen molar-refractivity contribution < 1.29 is 5.11 Å². The third-order valence-corrected chi connectivity index (χ3v) is 4.17. The van der Waals surface area contributed by atoms with Gasteiger partial charge in [-0.2, -0.15) is 0 Å². The average Bonchev–Trinajstić information content (AvgIpc) is 2.54. The van der Waals surface area contributed by atoms with Gasteiger partial charge in [-0.05, 0) is 32.3 Å². The third kappa shape index (κ3) is 7.08. The minimum absolute atomic E-state index is 0. The zero-order valence-electron chi connectivity index (χ0n) is 14.2. The van der Waals surface area contributed by atoms with Gasteiger partial charge < -0.3 is 15.7 Å². The highest BCUT2D eigenvalue weighted by atomic mass is 127. The Hall–Kier alpha value is -0.820. The number of halogens is 1. The van der Waals surface area contributed by atoms with Crippen LogP contribution in [0.4, 0.5) is 0 Å². The van der Waals surface area contributed by atoms with Gasteiger partial charge in [-0.1, -0.05) is 49.1 Å². The van der Waals surface area contributed by atoms with E-state index in [-0.39, 0.29) is 24.0 Å². The van der Waals surface area contributed by atoms with E-state index in [0.717, 1.165) is 18.1 Å². The number of aliphatic hydroxyl groups excluding tert-OH is 1. The Kier molecular flexibility index (Phi) is 9.55. The molecule has 0 bridgehead atoms. The van der Waals surface area contributed by atoms with E-state index in [9.17, 15) is 5.11 Å². The maximum absolute atomic E-state index is 10.3. The molecule has 0 radical (unpaired) electrons. The number of guanidine groups is 1. The van der Waals surface area contributed by atoms with Gasteiger partial charge in [-0.15, -0.1) is 24.0 Å². The van der Waals surface area contributed by atoms with Gasteiger partial charge in [-0.25, -0.2) is 0 Å². The van der Waals surface area contributed by atoms with Crippen LogP contribution in [0.15, 0.2) is 29.3 Å². The fourth-order valence-corrected chi connectivity index (χ4v) is 2.83. The van der Waals surface area contributed by atoms with Crippen LogP contribution in [0.1, 0.15) is 56.3 Å². The normalized spacial score (nSPS) is 17.3. The van der Waals surface area contributed by atoms with Crippen LogP contribution in [-0.2, 0) is 0 Å². The number of nitrogens with one attached hydrogen (secondary N) is 2. The molecule has 130 valence electrons. The monoisotopic (exact) mass is 431 g/mol. The number of rotatable bonds is 5. The lowest BCUT2D eigenvalue weighted by atomic mass is 9.96. The molecule has 2 rings (SSSR count). The molecule has 0 spiro atoms. The van der Waals surface area contributed by atoms with Crippen molar-refractivity contribution in [2.24, 2.45) is 4.99 Å². The maximum Gasteiger partial charge on any atom is 0.191 e. The summed E-state index contributed by atoms with van der Waals surface area (Å²) >= 11 is 0. The van der Waals surface area contributed by atoms with Crippen molar-refractivity contribution in [3.8, 4) is 0 Å². The molecule has 0 saturated heterocycles. The number of nitrogens with zero attached hydrogens (tertiary/aromatic N) is 1. The van der Waals surface area contributed by atoms with E-state index < -0.39 is 6.10 Å². The summed E-state index contributed by atoms with van der Waals surface area (Å²) in [5, 5.41) is 17.0. The number of hydrogen-bond acceptors (Lipinski definition) is 2. The van der Waals surface area contributed by atoms with Gasteiger partial charge in [-0.3, -0.25) is 4.99 Å². The molecule has 1 unspecified atom stereocenters. The fourth-order valence-electron chi connectivity index (χ4n) is 2.83. The first-order chi connectivity index (χ1) is 10.7. The van der Waals surface area contributed by atoms with E-state index in [4.69, 9.17) is 0 Å². The van der Waals surface area contributed by atoms with Crippen molar-refractivity contribution in [2.75, 3.05) is 13.1 Å². The number of aliphatic imine (C=N–C) groups is 1. The number of hydrogen-bond donors (Lipinski definition) is 3. The van der Waals surface area contributed by atoms with Crippen LogP contribution in [0.3, 0.4) is 0 Å². The molecule has 0 aliphatic heterocycles. The van der Waals surface area contributed by atoms with E-state index in [1.165, 1.54) is 37.7 Å².